The molecule has 1 N–H and O–H groups in total. The van der Waals surface area contributed by atoms with E-state index in [9.17, 15) is 16.8 Å². The van der Waals surface area contributed by atoms with Gasteiger partial charge in [-0.05, 0) is 24.3 Å². The molecule has 0 saturated carbocycles. The Bertz CT molecular complexity index is 632. The van der Waals surface area contributed by atoms with Crippen LogP contribution in [0, 0.1) is 0 Å². The Kier molecular flexibility index (Phi) is 5.66. The largest absolute Gasteiger partial charge is 0.355 e. The van der Waals surface area contributed by atoms with E-state index >= 15 is 0 Å². The lowest BCUT2D eigenvalue weighted by Gasteiger charge is -2.14. The maximum atomic E-state index is 12.0. The van der Waals surface area contributed by atoms with Gasteiger partial charge in [0.05, 0.1) is 16.3 Å². The number of hydrogen-bond acceptors (Lipinski definition) is 6. The molecule has 114 valence electrons. The molecule has 0 spiro atoms. The van der Waals surface area contributed by atoms with Crippen LogP contribution in [0.1, 0.15) is 0 Å². The molecule has 0 aliphatic heterocycles. The zero-order chi connectivity index (χ0) is 15.4. The maximum absolute atomic E-state index is 12.0. The first-order valence-electron chi connectivity index (χ1n) is 5.56. The maximum Gasteiger partial charge on any atom is 0.240 e. The quantitative estimate of drug-likeness (QED) is 0.709. The normalized spacial score (nSPS) is 12.8. The van der Waals surface area contributed by atoms with Crippen molar-refractivity contribution in [2.24, 2.45) is 0 Å². The fourth-order valence-electron chi connectivity index (χ4n) is 1.39. The van der Waals surface area contributed by atoms with E-state index in [1.165, 1.54) is 38.5 Å². The summed E-state index contributed by atoms with van der Waals surface area (Å²) in [5, 5.41) is 0. The monoisotopic (exact) mass is 323 g/mol. The number of methoxy groups -OCH3 is 2. The van der Waals surface area contributed by atoms with E-state index < -0.39 is 26.2 Å². The molecular weight excluding hydrogens is 306 g/mol. The van der Waals surface area contributed by atoms with Crippen molar-refractivity contribution in [3.8, 4) is 0 Å². The van der Waals surface area contributed by atoms with Gasteiger partial charge in [-0.1, -0.05) is 0 Å². The van der Waals surface area contributed by atoms with Crippen LogP contribution in [0.25, 0.3) is 0 Å². The fourth-order valence-corrected chi connectivity index (χ4v) is 3.04. The number of ether oxygens (including phenoxy) is 2. The lowest BCUT2D eigenvalue weighted by Crippen LogP contribution is -2.34. The molecule has 0 atom stereocenters. The van der Waals surface area contributed by atoms with Crippen molar-refractivity contribution < 1.29 is 26.3 Å². The SMILES string of the molecule is COC(CNS(=O)(=O)c1ccc(S(C)(=O)=O)cc1)OC. The standard InChI is InChI=1S/C11H17NO6S2/c1-17-11(18-2)8-12-20(15,16)10-6-4-9(5-7-10)19(3,13)14/h4-7,11-12H,8H2,1-3H3. The van der Waals surface area contributed by atoms with Crippen molar-refractivity contribution in [2.75, 3.05) is 27.0 Å². The van der Waals surface area contributed by atoms with Crippen LogP contribution in [-0.2, 0) is 29.3 Å². The second-order valence-electron chi connectivity index (χ2n) is 4.00. The third-order valence-corrected chi connectivity index (χ3v) is 5.10. The van der Waals surface area contributed by atoms with Crippen molar-refractivity contribution in [1.82, 2.24) is 4.72 Å². The van der Waals surface area contributed by atoms with E-state index in [0.29, 0.717) is 0 Å². The third-order valence-electron chi connectivity index (χ3n) is 2.53. The summed E-state index contributed by atoms with van der Waals surface area (Å²) in [5.41, 5.74) is 0. The van der Waals surface area contributed by atoms with Gasteiger partial charge < -0.3 is 9.47 Å². The number of sulfone groups is 1. The van der Waals surface area contributed by atoms with Gasteiger partial charge in [-0.25, -0.2) is 21.6 Å². The summed E-state index contributed by atoms with van der Waals surface area (Å²) in [6.07, 6.45) is 0.358. The Morgan fingerprint density at radius 2 is 1.45 bits per heavy atom. The average Bonchev–Trinajstić information content (AvgIpc) is 2.39. The number of rotatable bonds is 7. The molecule has 0 unspecified atom stereocenters. The van der Waals surface area contributed by atoms with Crippen molar-refractivity contribution in [2.45, 2.75) is 16.1 Å². The molecule has 9 heteroatoms. The highest BCUT2D eigenvalue weighted by Gasteiger charge is 2.17. The first-order chi connectivity index (χ1) is 9.20. The highest BCUT2D eigenvalue weighted by atomic mass is 32.2. The van der Waals surface area contributed by atoms with Gasteiger partial charge in [0.2, 0.25) is 10.0 Å². The summed E-state index contributed by atoms with van der Waals surface area (Å²) in [7, 11) is -4.31. The summed E-state index contributed by atoms with van der Waals surface area (Å²) in [6.45, 7) is -0.0524. The zero-order valence-electron chi connectivity index (χ0n) is 11.4. The number of hydrogen-bond donors (Lipinski definition) is 1. The van der Waals surface area contributed by atoms with Crippen molar-refractivity contribution >= 4 is 19.9 Å². The summed E-state index contributed by atoms with van der Waals surface area (Å²) in [6, 6.07) is 4.95. The minimum atomic E-state index is -3.74. The minimum absolute atomic E-state index is 0.0316. The van der Waals surface area contributed by atoms with Crippen molar-refractivity contribution in [3.05, 3.63) is 24.3 Å². The molecular formula is C11H17NO6S2. The van der Waals surface area contributed by atoms with E-state index in [2.05, 4.69) is 4.72 Å². The van der Waals surface area contributed by atoms with Crippen LogP contribution in [0.4, 0.5) is 0 Å². The van der Waals surface area contributed by atoms with Gasteiger partial charge in [0.1, 0.15) is 0 Å². The Balaban J connectivity index is 2.88. The van der Waals surface area contributed by atoms with Crippen LogP contribution in [0.5, 0.6) is 0 Å². The highest BCUT2D eigenvalue weighted by Crippen LogP contribution is 2.14. The number of benzene rings is 1. The molecule has 7 nitrogen and oxygen atoms in total. The second-order valence-corrected chi connectivity index (χ2v) is 7.78. The molecule has 0 aliphatic carbocycles. The molecule has 20 heavy (non-hydrogen) atoms. The predicted octanol–water partition coefficient (Wildman–Crippen LogP) is -0.0127. The molecule has 0 fully saturated rings. The molecule has 0 heterocycles. The van der Waals surface area contributed by atoms with Gasteiger partial charge in [-0.3, -0.25) is 0 Å². The molecule has 0 saturated heterocycles. The van der Waals surface area contributed by atoms with Crippen LogP contribution in [0.3, 0.4) is 0 Å². The zero-order valence-corrected chi connectivity index (χ0v) is 13.0. The Hall–Kier alpha value is -1.00. The third kappa shape index (κ3) is 4.53. The first-order valence-corrected chi connectivity index (χ1v) is 8.93. The summed E-state index contributed by atoms with van der Waals surface area (Å²) < 4.78 is 58.5. The van der Waals surface area contributed by atoms with Gasteiger partial charge in [-0.2, -0.15) is 0 Å². The Morgan fingerprint density at radius 1 is 1.00 bits per heavy atom. The van der Waals surface area contributed by atoms with Gasteiger partial charge in [0, 0.05) is 20.5 Å². The van der Waals surface area contributed by atoms with Crippen LogP contribution in [0.2, 0.25) is 0 Å². The van der Waals surface area contributed by atoms with E-state index in [-0.39, 0.29) is 16.3 Å². The second kappa shape index (κ2) is 6.64. The van der Waals surface area contributed by atoms with E-state index in [1.54, 1.807) is 0 Å². The van der Waals surface area contributed by atoms with Crippen molar-refractivity contribution in [1.29, 1.82) is 0 Å². The summed E-state index contributed by atoms with van der Waals surface area (Å²) in [4.78, 5) is 0.0268. The lowest BCUT2D eigenvalue weighted by atomic mass is 10.4. The number of sulfonamides is 1. The van der Waals surface area contributed by atoms with E-state index in [1.807, 2.05) is 0 Å². The number of nitrogens with one attached hydrogen (secondary N) is 1. The van der Waals surface area contributed by atoms with Crippen LogP contribution in [0.15, 0.2) is 34.1 Å². The molecule has 1 aromatic carbocycles. The Labute approximate surface area is 118 Å². The van der Waals surface area contributed by atoms with Gasteiger partial charge >= 0.3 is 0 Å². The van der Waals surface area contributed by atoms with Crippen LogP contribution < -0.4 is 4.72 Å². The highest BCUT2D eigenvalue weighted by molar-refractivity contribution is 7.90. The van der Waals surface area contributed by atoms with Crippen LogP contribution >= 0.6 is 0 Å². The topological polar surface area (TPSA) is 98.8 Å². The van der Waals surface area contributed by atoms with Gasteiger partial charge in [0.25, 0.3) is 0 Å². The van der Waals surface area contributed by atoms with Gasteiger partial charge in [-0.15, -0.1) is 0 Å². The van der Waals surface area contributed by atoms with E-state index in [4.69, 9.17) is 9.47 Å². The lowest BCUT2D eigenvalue weighted by molar-refractivity contribution is -0.0960. The van der Waals surface area contributed by atoms with E-state index in [0.717, 1.165) is 6.26 Å². The summed E-state index contributed by atoms with van der Waals surface area (Å²) in [5.74, 6) is 0. The molecule has 0 aromatic heterocycles. The van der Waals surface area contributed by atoms with Crippen molar-refractivity contribution in [3.63, 3.8) is 0 Å². The Morgan fingerprint density at radius 3 is 1.85 bits per heavy atom. The molecule has 1 aromatic rings. The first kappa shape index (κ1) is 17.1. The fraction of sp³-hybridized carbons (Fsp3) is 0.455. The predicted molar refractivity (Wildman–Crippen MR) is 72.5 cm³/mol. The van der Waals surface area contributed by atoms with Crippen LogP contribution in [-0.4, -0.2) is 50.1 Å². The smallest absolute Gasteiger partial charge is 0.240 e. The molecule has 0 amide bonds. The minimum Gasteiger partial charge on any atom is -0.355 e. The van der Waals surface area contributed by atoms with Gasteiger partial charge in [0.15, 0.2) is 16.1 Å². The summed E-state index contributed by atoms with van der Waals surface area (Å²) >= 11 is 0. The molecule has 1 rings (SSSR count). The molecule has 0 bridgehead atoms. The molecule has 0 aliphatic rings. The molecule has 0 radical (unpaired) electrons. The average molecular weight is 323 g/mol.